The number of esters is 1. The standard InChI is InChI=1S/C16H18N2O4S/c1-5-22-16(20)13-9(2)10(3)23-15(13)18-14(19)11-6-7-12(21-4)17-8-11/h6-8H,5H2,1-4H3,(H,18,19). The van der Waals surface area contributed by atoms with Gasteiger partial charge in [0.1, 0.15) is 5.00 Å². The average Bonchev–Trinajstić information content (AvgIpc) is 2.82. The van der Waals surface area contributed by atoms with Crippen LogP contribution in [-0.2, 0) is 4.74 Å². The lowest BCUT2D eigenvalue weighted by molar-refractivity contribution is 0.0527. The highest BCUT2D eigenvalue weighted by Gasteiger charge is 2.22. The van der Waals surface area contributed by atoms with Gasteiger partial charge >= 0.3 is 5.97 Å². The highest BCUT2D eigenvalue weighted by molar-refractivity contribution is 7.16. The van der Waals surface area contributed by atoms with Gasteiger partial charge in [0, 0.05) is 17.1 Å². The molecule has 0 saturated heterocycles. The van der Waals surface area contributed by atoms with Crippen LogP contribution in [0.3, 0.4) is 0 Å². The van der Waals surface area contributed by atoms with Gasteiger partial charge in [-0.2, -0.15) is 0 Å². The first kappa shape index (κ1) is 17.0. The van der Waals surface area contributed by atoms with Crippen molar-refractivity contribution < 1.29 is 19.1 Å². The van der Waals surface area contributed by atoms with Crippen LogP contribution in [0, 0.1) is 13.8 Å². The van der Waals surface area contributed by atoms with Crippen molar-refractivity contribution in [2.45, 2.75) is 20.8 Å². The fraction of sp³-hybridized carbons (Fsp3) is 0.312. The summed E-state index contributed by atoms with van der Waals surface area (Å²) in [5.41, 5.74) is 1.60. The number of ether oxygens (including phenoxy) is 2. The summed E-state index contributed by atoms with van der Waals surface area (Å²) in [6.45, 7) is 5.76. The Balaban J connectivity index is 2.26. The number of aromatic nitrogens is 1. The minimum absolute atomic E-state index is 0.281. The molecular formula is C16H18N2O4S. The molecule has 6 nitrogen and oxygen atoms in total. The number of nitrogens with zero attached hydrogens (tertiary/aromatic N) is 1. The number of hydrogen-bond donors (Lipinski definition) is 1. The van der Waals surface area contributed by atoms with E-state index in [1.54, 1.807) is 19.1 Å². The molecule has 1 amide bonds. The van der Waals surface area contributed by atoms with Crippen LogP contribution in [-0.4, -0.2) is 30.6 Å². The minimum Gasteiger partial charge on any atom is -0.481 e. The number of thiophene rings is 1. The molecule has 0 atom stereocenters. The predicted molar refractivity (Wildman–Crippen MR) is 88.5 cm³/mol. The first-order valence-corrected chi connectivity index (χ1v) is 7.88. The Morgan fingerprint density at radius 3 is 2.61 bits per heavy atom. The molecule has 0 aliphatic heterocycles. The van der Waals surface area contributed by atoms with Crippen molar-refractivity contribution in [3.8, 4) is 5.88 Å². The number of anilines is 1. The number of nitrogens with one attached hydrogen (secondary N) is 1. The van der Waals surface area contributed by atoms with Crippen molar-refractivity contribution in [2.75, 3.05) is 19.0 Å². The van der Waals surface area contributed by atoms with E-state index in [0.29, 0.717) is 22.0 Å². The summed E-state index contributed by atoms with van der Waals surface area (Å²) < 4.78 is 10.0. The second-order valence-corrected chi connectivity index (χ2v) is 5.98. The van der Waals surface area contributed by atoms with E-state index >= 15 is 0 Å². The third-order valence-electron chi connectivity index (χ3n) is 3.30. The van der Waals surface area contributed by atoms with E-state index in [-0.39, 0.29) is 12.5 Å². The molecule has 1 N–H and O–H groups in total. The molecule has 23 heavy (non-hydrogen) atoms. The van der Waals surface area contributed by atoms with Gasteiger partial charge in [-0.05, 0) is 32.4 Å². The molecule has 7 heteroatoms. The number of pyridine rings is 1. The number of hydrogen-bond acceptors (Lipinski definition) is 6. The molecule has 0 fully saturated rings. The topological polar surface area (TPSA) is 77.5 Å². The zero-order valence-electron chi connectivity index (χ0n) is 13.4. The molecule has 0 aliphatic rings. The van der Waals surface area contributed by atoms with E-state index in [1.165, 1.54) is 24.6 Å². The first-order chi connectivity index (χ1) is 11.0. The molecule has 2 rings (SSSR count). The van der Waals surface area contributed by atoms with Gasteiger partial charge in [-0.25, -0.2) is 9.78 Å². The Hall–Kier alpha value is -2.41. The quantitative estimate of drug-likeness (QED) is 0.850. The van der Waals surface area contributed by atoms with Crippen molar-refractivity contribution in [1.82, 2.24) is 4.98 Å². The Bertz CT molecular complexity index is 722. The maximum atomic E-state index is 12.3. The van der Waals surface area contributed by atoms with E-state index < -0.39 is 5.97 Å². The average molecular weight is 334 g/mol. The Labute approximate surface area is 138 Å². The van der Waals surface area contributed by atoms with Crippen LogP contribution in [0.2, 0.25) is 0 Å². The zero-order chi connectivity index (χ0) is 17.0. The zero-order valence-corrected chi connectivity index (χ0v) is 14.2. The van der Waals surface area contributed by atoms with Crippen LogP contribution >= 0.6 is 11.3 Å². The van der Waals surface area contributed by atoms with Crippen molar-refractivity contribution in [3.05, 3.63) is 39.9 Å². The summed E-state index contributed by atoms with van der Waals surface area (Å²) in [4.78, 5) is 29.4. The SMILES string of the molecule is CCOC(=O)c1c(NC(=O)c2ccc(OC)nc2)sc(C)c1C. The van der Waals surface area contributed by atoms with Crippen molar-refractivity contribution in [2.24, 2.45) is 0 Å². The molecule has 0 aromatic carbocycles. The lowest BCUT2D eigenvalue weighted by Gasteiger charge is -2.07. The first-order valence-electron chi connectivity index (χ1n) is 7.06. The third-order valence-corrected chi connectivity index (χ3v) is 4.42. The van der Waals surface area contributed by atoms with Gasteiger partial charge in [0.15, 0.2) is 0 Å². The molecule has 122 valence electrons. The molecule has 0 radical (unpaired) electrons. The van der Waals surface area contributed by atoms with Crippen LogP contribution in [0.25, 0.3) is 0 Å². The summed E-state index contributed by atoms with van der Waals surface area (Å²) >= 11 is 1.35. The molecule has 0 unspecified atom stereocenters. The van der Waals surface area contributed by atoms with Crippen LogP contribution in [0.1, 0.15) is 38.1 Å². The molecule has 0 spiro atoms. The van der Waals surface area contributed by atoms with Gasteiger partial charge in [-0.15, -0.1) is 11.3 Å². The number of rotatable bonds is 5. The number of carbonyl (C=O) groups excluding carboxylic acids is 2. The summed E-state index contributed by atoms with van der Waals surface area (Å²) in [5.74, 6) is -0.346. The van der Waals surface area contributed by atoms with Gasteiger partial charge in [-0.1, -0.05) is 0 Å². The number of carbonyl (C=O) groups is 2. The highest BCUT2D eigenvalue weighted by atomic mass is 32.1. The van der Waals surface area contributed by atoms with E-state index in [4.69, 9.17) is 9.47 Å². The Morgan fingerprint density at radius 1 is 1.30 bits per heavy atom. The second kappa shape index (κ2) is 7.23. The fourth-order valence-corrected chi connectivity index (χ4v) is 3.02. The van der Waals surface area contributed by atoms with Gasteiger partial charge in [0.25, 0.3) is 5.91 Å². The molecule has 0 aliphatic carbocycles. The van der Waals surface area contributed by atoms with E-state index in [9.17, 15) is 9.59 Å². The lowest BCUT2D eigenvalue weighted by atomic mass is 10.1. The summed E-state index contributed by atoms with van der Waals surface area (Å²) in [6.07, 6.45) is 1.42. The molecule has 2 aromatic rings. The highest BCUT2D eigenvalue weighted by Crippen LogP contribution is 2.33. The molecular weight excluding hydrogens is 316 g/mol. The van der Waals surface area contributed by atoms with Gasteiger partial charge in [0.2, 0.25) is 5.88 Å². The maximum absolute atomic E-state index is 12.3. The van der Waals surface area contributed by atoms with E-state index in [1.807, 2.05) is 13.8 Å². The van der Waals surface area contributed by atoms with Crippen LogP contribution in [0.5, 0.6) is 5.88 Å². The number of aryl methyl sites for hydroxylation is 1. The van der Waals surface area contributed by atoms with Crippen molar-refractivity contribution in [1.29, 1.82) is 0 Å². The summed E-state index contributed by atoms with van der Waals surface area (Å²) in [5, 5.41) is 3.25. The van der Waals surface area contributed by atoms with Crippen LogP contribution in [0.15, 0.2) is 18.3 Å². The summed E-state index contributed by atoms with van der Waals surface area (Å²) in [6, 6.07) is 3.21. The number of amides is 1. The van der Waals surface area contributed by atoms with E-state index in [2.05, 4.69) is 10.3 Å². The molecule has 0 saturated carbocycles. The normalized spacial score (nSPS) is 10.3. The molecule has 2 aromatic heterocycles. The van der Waals surface area contributed by atoms with Crippen molar-refractivity contribution >= 4 is 28.2 Å². The monoisotopic (exact) mass is 334 g/mol. The predicted octanol–water partition coefficient (Wildman–Crippen LogP) is 3.20. The summed E-state index contributed by atoms with van der Waals surface area (Å²) in [7, 11) is 1.50. The largest absolute Gasteiger partial charge is 0.481 e. The smallest absolute Gasteiger partial charge is 0.341 e. The van der Waals surface area contributed by atoms with Crippen LogP contribution < -0.4 is 10.1 Å². The second-order valence-electron chi connectivity index (χ2n) is 4.75. The minimum atomic E-state index is -0.433. The van der Waals surface area contributed by atoms with Gasteiger partial charge in [-0.3, -0.25) is 4.79 Å². The van der Waals surface area contributed by atoms with E-state index in [0.717, 1.165) is 10.4 Å². The number of methoxy groups -OCH3 is 1. The van der Waals surface area contributed by atoms with Gasteiger partial charge < -0.3 is 14.8 Å². The lowest BCUT2D eigenvalue weighted by Crippen LogP contribution is -2.15. The molecule has 2 heterocycles. The third kappa shape index (κ3) is 3.68. The van der Waals surface area contributed by atoms with Gasteiger partial charge in [0.05, 0.1) is 24.8 Å². The Kier molecular flexibility index (Phi) is 5.33. The molecule has 0 bridgehead atoms. The Morgan fingerprint density at radius 2 is 2.04 bits per heavy atom. The van der Waals surface area contributed by atoms with Crippen molar-refractivity contribution in [3.63, 3.8) is 0 Å². The fourth-order valence-electron chi connectivity index (χ4n) is 1.97. The maximum Gasteiger partial charge on any atom is 0.341 e. The van der Waals surface area contributed by atoms with Crippen LogP contribution in [0.4, 0.5) is 5.00 Å².